The lowest BCUT2D eigenvalue weighted by molar-refractivity contribution is 0.222. The van der Waals surface area contributed by atoms with Crippen molar-refractivity contribution in [3.8, 4) is 0 Å². The molecule has 6 nitrogen and oxygen atoms in total. The van der Waals surface area contributed by atoms with Crippen LogP contribution < -0.4 is 4.72 Å². The van der Waals surface area contributed by atoms with Gasteiger partial charge in [-0.05, 0) is 79.6 Å². The fourth-order valence-electron chi connectivity index (χ4n) is 3.90. The van der Waals surface area contributed by atoms with E-state index in [0.717, 1.165) is 6.42 Å². The first-order valence-corrected chi connectivity index (χ1v) is 13.1. The SMILES string of the molecule is Cc1cc(S(=O)(=O)Nc2ccc(S(=O)(=O)N3C[C@H](C)C[C@H](C)C3)cc2)c(C)cc1Cl. The zero-order chi connectivity index (χ0) is 22.3. The standard InChI is InChI=1S/C21H27ClN2O4S2/c1-14-9-15(2)13-24(12-14)30(27,28)19-7-5-18(6-8-19)23-29(25,26)21-11-16(3)20(22)10-17(21)4/h5-8,10-11,14-15,23H,9,12-13H2,1-4H3/t14-,15+. The van der Waals surface area contributed by atoms with Crippen LogP contribution in [0.5, 0.6) is 0 Å². The minimum absolute atomic E-state index is 0.136. The maximum absolute atomic E-state index is 13.0. The van der Waals surface area contributed by atoms with Crippen molar-refractivity contribution in [2.24, 2.45) is 11.8 Å². The van der Waals surface area contributed by atoms with E-state index in [1.807, 2.05) is 0 Å². The van der Waals surface area contributed by atoms with Crippen molar-refractivity contribution in [3.05, 3.63) is 52.5 Å². The van der Waals surface area contributed by atoms with Crippen LogP contribution in [0.25, 0.3) is 0 Å². The number of nitrogens with one attached hydrogen (secondary N) is 1. The first kappa shape index (κ1) is 23.1. The maximum atomic E-state index is 13.0. The van der Waals surface area contributed by atoms with Crippen LogP contribution >= 0.6 is 11.6 Å². The summed E-state index contributed by atoms with van der Waals surface area (Å²) in [5, 5.41) is 0.502. The van der Waals surface area contributed by atoms with Gasteiger partial charge in [0.25, 0.3) is 10.0 Å². The molecule has 1 N–H and O–H groups in total. The average molecular weight is 471 g/mol. The van der Waals surface area contributed by atoms with Crippen LogP contribution in [0.4, 0.5) is 5.69 Å². The Morgan fingerprint density at radius 2 is 1.50 bits per heavy atom. The van der Waals surface area contributed by atoms with Gasteiger partial charge in [-0.1, -0.05) is 25.4 Å². The molecule has 30 heavy (non-hydrogen) atoms. The molecule has 3 rings (SSSR count). The van der Waals surface area contributed by atoms with Crippen molar-refractivity contribution in [3.63, 3.8) is 0 Å². The second-order valence-corrected chi connectivity index (χ2v) is 12.3. The van der Waals surface area contributed by atoms with Crippen LogP contribution in [0.15, 0.2) is 46.2 Å². The minimum Gasteiger partial charge on any atom is -0.280 e. The molecule has 1 heterocycles. The highest BCUT2D eigenvalue weighted by molar-refractivity contribution is 7.92. The Labute approximate surface area is 184 Å². The lowest BCUT2D eigenvalue weighted by Gasteiger charge is -2.34. The van der Waals surface area contributed by atoms with Gasteiger partial charge in [-0.3, -0.25) is 4.72 Å². The summed E-state index contributed by atoms with van der Waals surface area (Å²) in [4.78, 5) is 0.294. The van der Waals surface area contributed by atoms with Crippen molar-refractivity contribution in [2.75, 3.05) is 17.8 Å². The highest BCUT2D eigenvalue weighted by atomic mass is 35.5. The molecule has 0 spiro atoms. The highest BCUT2D eigenvalue weighted by Gasteiger charge is 2.31. The van der Waals surface area contributed by atoms with E-state index in [-0.39, 0.29) is 9.79 Å². The van der Waals surface area contributed by atoms with E-state index in [1.165, 1.54) is 34.6 Å². The first-order valence-electron chi connectivity index (χ1n) is 9.80. The van der Waals surface area contributed by atoms with Crippen molar-refractivity contribution in [1.82, 2.24) is 4.31 Å². The van der Waals surface area contributed by atoms with Gasteiger partial charge in [0.15, 0.2) is 0 Å². The van der Waals surface area contributed by atoms with Crippen LogP contribution in [0.3, 0.4) is 0 Å². The fraction of sp³-hybridized carbons (Fsp3) is 0.429. The van der Waals surface area contributed by atoms with Crippen molar-refractivity contribution in [1.29, 1.82) is 0 Å². The Morgan fingerprint density at radius 3 is 2.07 bits per heavy atom. The summed E-state index contributed by atoms with van der Waals surface area (Å²) in [5.74, 6) is 0.612. The molecule has 2 atom stereocenters. The molecule has 0 aromatic heterocycles. The Bertz CT molecular complexity index is 1140. The largest absolute Gasteiger partial charge is 0.280 e. The van der Waals surface area contributed by atoms with E-state index in [0.29, 0.717) is 46.8 Å². The zero-order valence-electron chi connectivity index (χ0n) is 17.5. The van der Waals surface area contributed by atoms with Gasteiger partial charge >= 0.3 is 0 Å². The molecule has 2 aromatic rings. The zero-order valence-corrected chi connectivity index (χ0v) is 19.9. The smallest absolute Gasteiger partial charge is 0.262 e. The number of hydrogen-bond donors (Lipinski definition) is 1. The molecular weight excluding hydrogens is 444 g/mol. The topological polar surface area (TPSA) is 83.5 Å². The fourth-order valence-corrected chi connectivity index (χ4v) is 7.17. The average Bonchev–Trinajstić information content (AvgIpc) is 2.64. The van der Waals surface area contributed by atoms with Crippen molar-refractivity contribution in [2.45, 2.75) is 43.9 Å². The van der Waals surface area contributed by atoms with Gasteiger partial charge in [0.2, 0.25) is 10.0 Å². The third-order valence-corrected chi connectivity index (χ3v) is 9.10. The van der Waals surface area contributed by atoms with Gasteiger partial charge < -0.3 is 0 Å². The number of halogens is 1. The second kappa shape index (κ2) is 8.49. The van der Waals surface area contributed by atoms with Crippen LogP contribution in [0, 0.1) is 25.7 Å². The van der Waals surface area contributed by atoms with E-state index in [9.17, 15) is 16.8 Å². The summed E-state index contributed by atoms with van der Waals surface area (Å²) in [6, 6.07) is 8.96. The predicted octanol–water partition coefficient (Wildman–Crippen LogP) is 4.42. The number of benzene rings is 2. The lowest BCUT2D eigenvalue weighted by atomic mass is 9.94. The van der Waals surface area contributed by atoms with E-state index >= 15 is 0 Å². The van der Waals surface area contributed by atoms with E-state index in [2.05, 4.69) is 18.6 Å². The monoisotopic (exact) mass is 470 g/mol. The molecule has 0 unspecified atom stereocenters. The number of sulfonamides is 2. The molecular formula is C21H27ClN2O4S2. The number of hydrogen-bond acceptors (Lipinski definition) is 4. The third-order valence-electron chi connectivity index (χ3n) is 5.33. The molecule has 1 saturated heterocycles. The van der Waals surface area contributed by atoms with Crippen LogP contribution in [0.1, 0.15) is 31.4 Å². The van der Waals surface area contributed by atoms with Crippen LogP contribution in [-0.4, -0.2) is 34.2 Å². The molecule has 0 radical (unpaired) electrons. The second-order valence-electron chi connectivity index (χ2n) is 8.26. The van der Waals surface area contributed by atoms with E-state index < -0.39 is 20.0 Å². The number of nitrogens with zero attached hydrogens (tertiary/aromatic N) is 1. The Balaban J connectivity index is 1.83. The molecule has 1 aliphatic rings. The summed E-state index contributed by atoms with van der Waals surface area (Å²) < 4.78 is 55.6. The summed E-state index contributed by atoms with van der Waals surface area (Å²) in [5.41, 5.74) is 1.49. The molecule has 0 aliphatic carbocycles. The van der Waals surface area contributed by atoms with E-state index in [4.69, 9.17) is 11.6 Å². The van der Waals surface area contributed by atoms with E-state index in [1.54, 1.807) is 19.9 Å². The summed E-state index contributed by atoms with van der Waals surface area (Å²) in [7, 11) is -7.45. The molecule has 0 saturated carbocycles. The first-order chi connectivity index (χ1) is 13.9. The van der Waals surface area contributed by atoms with Crippen molar-refractivity contribution < 1.29 is 16.8 Å². The van der Waals surface area contributed by atoms with Crippen LogP contribution in [0.2, 0.25) is 5.02 Å². The van der Waals surface area contributed by atoms with Gasteiger partial charge in [0.05, 0.1) is 9.79 Å². The molecule has 2 aromatic carbocycles. The summed E-state index contributed by atoms with van der Waals surface area (Å²) >= 11 is 6.06. The summed E-state index contributed by atoms with van der Waals surface area (Å²) in [6.45, 7) is 8.51. The molecule has 1 fully saturated rings. The molecule has 0 bridgehead atoms. The summed E-state index contributed by atoms with van der Waals surface area (Å²) in [6.07, 6.45) is 1.01. The van der Waals surface area contributed by atoms with Crippen LogP contribution in [-0.2, 0) is 20.0 Å². The van der Waals surface area contributed by atoms with Gasteiger partial charge in [0.1, 0.15) is 0 Å². The van der Waals surface area contributed by atoms with Gasteiger partial charge in [-0.15, -0.1) is 0 Å². The Morgan fingerprint density at radius 1 is 0.933 bits per heavy atom. The van der Waals surface area contributed by atoms with Gasteiger partial charge in [0, 0.05) is 23.8 Å². The maximum Gasteiger partial charge on any atom is 0.262 e. The Hall–Kier alpha value is -1.61. The molecule has 9 heteroatoms. The third kappa shape index (κ3) is 4.82. The van der Waals surface area contributed by atoms with Crippen molar-refractivity contribution >= 4 is 37.3 Å². The number of rotatable bonds is 5. The highest BCUT2D eigenvalue weighted by Crippen LogP contribution is 2.29. The Kier molecular flexibility index (Phi) is 6.53. The van der Waals surface area contributed by atoms with Gasteiger partial charge in [-0.2, -0.15) is 4.31 Å². The number of piperidine rings is 1. The van der Waals surface area contributed by atoms with Gasteiger partial charge in [-0.25, -0.2) is 16.8 Å². The number of anilines is 1. The number of aryl methyl sites for hydroxylation is 2. The molecule has 164 valence electrons. The normalized spacial score (nSPS) is 20.8. The quantitative estimate of drug-likeness (QED) is 0.700. The molecule has 0 amide bonds. The molecule has 1 aliphatic heterocycles. The lowest BCUT2D eigenvalue weighted by Crippen LogP contribution is -2.42. The predicted molar refractivity (Wildman–Crippen MR) is 120 cm³/mol. The minimum atomic E-state index is -3.84.